The van der Waals surface area contributed by atoms with Crippen molar-refractivity contribution >= 4 is 92.0 Å². The summed E-state index contributed by atoms with van der Waals surface area (Å²) in [4.78, 5) is 55.8. The molecule has 11 nitrogen and oxygen atoms in total. The summed E-state index contributed by atoms with van der Waals surface area (Å²) in [6.07, 6.45) is -0.801. The second-order valence-corrected chi connectivity index (χ2v) is 18.9. The van der Waals surface area contributed by atoms with Crippen molar-refractivity contribution in [2.45, 2.75) is 17.7 Å². The Balaban J connectivity index is 0.00000445. The van der Waals surface area contributed by atoms with Crippen molar-refractivity contribution in [1.82, 2.24) is 15.0 Å². The molecule has 334 valence electrons. The molecule has 0 amide bonds. The number of benzene rings is 10. The van der Waals surface area contributed by atoms with Crippen LogP contribution in [0.3, 0.4) is 0 Å². The van der Waals surface area contributed by atoms with Gasteiger partial charge in [-0.25, -0.2) is 0 Å². The molecule has 7 heterocycles. The summed E-state index contributed by atoms with van der Waals surface area (Å²) in [6, 6.07) is 63.0. The molecule has 4 aliphatic rings. The van der Waals surface area contributed by atoms with Crippen molar-refractivity contribution in [3.8, 4) is 0 Å². The van der Waals surface area contributed by atoms with Crippen molar-refractivity contribution in [2.24, 2.45) is 34.9 Å². The molecule has 0 fully saturated rings. The summed E-state index contributed by atoms with van der Waals surface area (Å²) in [5.41, 5.74) is 5.80. The van der Waals surface area contributed by atoms with Crippen molar-refractivity contribution in [2.75, 3.05) is 0 Å². The molecule has 17 rings (SSSR count). The minimum absolute atomic E-state index is 0. The van der Waals surface area contributed by atoms with Gasteiger partial charge in [-0.3, -0.25) is 4.99 Å². The Morgan fingerprint density at radius 1 is 0.347 bits per heavy atom. The van der Waals surface area contributed by atoms with E-state index in [-0.39, 0.29) is 17.1 Å². The zero-order chi connectivity index (χ0) is 46.2. The van der Waals surface area contributed by atoms with Crippen LogP contribution >= 0.6 is 0 Å². The maximum Gasteiger partial charge on any atom is 4.00 e. The number of hydrogen-bond acceptors (Lipinski definition) is 7. The Labute approximate surface area is 417 Å². The van der Waals surface area contributed by atoms with Crippen LogP contribution in [0.2, 0.25) is 0 Å². The number of hydrogen-bond donors (Lipinski definition) is 0. The van der Waals surface area contributed by atoms with Gasteiger partial charge in [0.15, 0.2) is 5.79 Å². The Hall–Kier alpha value is -8.93. The van der Waals surface area contributed by atoms with Gasteiger partial charge in [0, 0.05) is 44.1 Å². The zero-order valence-electron chi connectivity index (χ0n) is 37.7. The van der Waals surface area contributed by atoms with Crippen molar-refractivity contribution in [3.63, 3.8) is 0 Å². The molecule has 3 unspecified atom stereocenters. The molecule has 10 bridgehead atoms. The van der Waals surface area contributed by atoms with E-state index >= 15 is 0 Å². The summed E-state index contributed by atoms with van der Waals surface area (Å²) in [5.74, 6) is -2.89. The minimum atomic E-state index is -1.68. The van der Waals surface area contributed by atoms with Crippen molar-refractivity contribution in [3.05, 3.63) is 242 Å². The van der Waals surface area contributed by atoms with Gasteiger partial charge < -0.3 is 50.2 Å². The van der Waals surface area contributed by atoms with Gasteiger partial charge >= 0.3 is 17.1 Å². The smallest absolute Gasteiger partial charge is 0.630 e. The van der Waals surface area contributed by atoms with Gasteiger partial charge in [0.05, 0.1) is 5.84 Å². The van der Waals surface area contributed by atoms with E-state index in [0.29, 0.717) is 38.8 Å². The number of rotatable bonds is 0. The van der Waals surface area contributed by atoms with Crippen LogP contribution in [-0.4, -0.2) is 5.84 Å². The largest absolute Gasteiger partial charge is 4.00 e. The topological polar surface area (TPSA) is 143 Å². The third-order valence-electron chi connectivity index (χ3n) is 14.9. The summed E-state index contributed by atoms with van der Waals surface area (Å²) in [6.45, 7) is 0. The standard InChI is InChI=1S/C60H31N11.Fe/c1-3-13-33-23-43-41(21-31(33)11-1)51-61-53(43)66-59-50-30-40-20-10-8-18-38(40)28-48(50)58(71-59)64-52-42-22-32-12-2-4-14-34(32)24-44(42)54(62-52)67-60(49-29-39-19-9-7-17-37(39)27-47(49)57(63-51)70-60)69-56-46-26-36-16-6-5-15-35(36)25-45(46)55(65-56)68-59;/h1-30,57H;/q-4;+4. The molecule has 0 aliphatic carbocycles. The molecule has 0 saturated carbocycles. The van der Waals surface area contributed by atoms with E-state index in [2.05, 4.69) is 127 Å². The number of aliphatic imine (C=N–C) groups is 1. The SMILES string of the molecule is [Fe+4].c1ccc2cc3c(cc2c1)C1=NC32/N=c3\[n-]/c(c4cc5ccccc5cc34)=N\C3[N-]C(/N=c4\[n-]c(c5cc6ccccc6cc45)=N1)(/N=c1\[n-]/c(c4cc5ccccc5cc14)=N\2)c1cc2ccccc2cc13. The molecule has 3 aromatic heterocycles. The molecule has 3 atom stereocenters. The predicted octanol–water partition coefficient (Wildman–Crippen LogP) is 8.69. The Morgan fingerprint density at radius 3 is 1.19 bits per heavy atom. The van der Waals surface area contributed by atoms with Gasteiger partial charge in [-0.15, -0.1) is 0 Å². The van der Waals surface area contributed by atoms with E-state index in [1.807, 2.05) is 54.6 Å². The molecule has 2 spiro atoms. The molecule has 0 radical (unpaired) electrons. The van der Waals surface area contributed by atoms with Crippen LogP contribution in [0.15, 0.2) is 217 Å². The van der Waals surface area contributed by atoms with E-state index in [1.165, 1.54) is 0 Å². The van der Waals surface area contributed by atoms with Crippen LogP contribution in [0.1, 0.15) is 28.4 Å². The fourth-order valence-electron chi connectivity index (χ4n) is 11.4. The van der Waals surface area contributed by atoms with E-state index in [1.54, 1.807) is 0 Å². The normalized spacial score (nSPS) is 21.8. The second-order valence-electron chi connectivity index (χ2n) is 18.9. The number of fused-ring (bicyclic) bond motifs is 21. The zero-order valence-corrected chi connectivity index (χ0v) is 38.8. The fourth-order valence-corrected chi connectivity index (χ4v) is 11.4. The van der Waals surface area contributed by atoms with Crippen molar-refractivity contribution < 1.29 is 17.1 Å². The molecule has 12 heteroatoms. The third-order valence-corrected chi connectivity index (χ3v) is 14.9. The molecule has 10 aromatic carbocycles. The van der Waals surface area contributed by atoms with E-state index in [9.17, 15) is 0 Å². The summed E-state index contributed by atoms with van der Waals surface area (Å²) < 4.78 is 0. The van der Waals surface area contributed by atoms with Crippen LogP contribution in [0.5, 0.6) is 0 Å². The first-order valence-corrected chi connectivity index (χ1v) is 23.7. The molecule has 0 N–H and O–H groups in total. The van der Waals surface area contributed by atoms with Gasteiger partial charge in [-0.2, -0.15) is 0 Å². The van der Waals surface area contributed by atoms with Crippen LogP contribution in [0.4, 0.5) is 0 Å². The van der Waals surface area contributed by atoms with E-state index in [4.69, 9.17) is 55.2 Å². The Kier molecular flexibility index (Phi) is 7.81. The summed E-state index contributed by atoms with van der Waals surface area (Å²) in [5, 5.41) is 20.8. The van der Waals surface area contributed by atoms with Crippen LogP contribution in [0, 0.1) is 0 Å². The monoisotopic (exact) mass is 961 g/mol. The van der Waals surface area contributed by atoms with Gasteiger partial charge in [0.1, 0.15) is 0 Å². The summed E-state index contributed by atoms with van der Waals surface area (Å²) >= 11 is 0. The van der Waals surface area contributed by atoms with E-state index in [0.717, 1.165) is 108 Å². The number of aromatic nitrogens is 3. The van der Waals surface area contributed by atoms with Gasteiger partial charge in [0.25, 0.3) is 0 Å². The Morgan fingerprint density at radius 2 is 0.708 bits per heavy atom. The number of nitrogens with zero attached hydrogens (tertiary/aromatic N) is 11. The first kappa shape index (κ1) is 39.9. The van der Waals surface area contributed by atoms with Gasteiger partial charge in [-0.1, -0.05) is 145 Å². The van der Waals surface area contributed by atoms with Crippen molar-refractivity contribution in [1.29, 1.82) is 0 Å². The van der Waals surface area contributed by atoms with Gasteiger partial charge in [0.2, 0.25) is 0 Å². The average Bonchev–Trinajstić information content (AvgIpc) is 4.16. The predicted molar refractivity (Wildman–Crippen MR) is 275 cm³/mol. The van der Waals surface area contributed by atoms with Crippen LogP contribution in [-0.2, 0) is 28.6 Å². The molecular weight excluding hydrogens is 931 g/mol. The summed E-state index contributed by atoms with van der Waals surface area (Å²) in [7, 11) is 0. The molecule has 0 saturated heterocycles. The van der Waals surface area contributed by atoms with Crippen LogP contribution in [0.25, 0.3) is 91.5 Å². The second kappa shape index (κ2) is 14.1. The number of amidine groups is 1. The molecule has 72 heavy (non-hydrogen) atoms. The quantitative estimate of drug-likeness (QED) is 0.140. The first-order valence-electron chi connectivity index (χ1n) is 23.7. The van der Waals surface area contributed by atoms with Crippen LogP contribution < -0.4 is 47.9 Å². The first-order chi connectivity index (χ1) is 35.0. The molecule has 13 aromatic rings. The third kappa shape index (κ3) is 5.51. The van der Waals surface area contributed by atoms with Gasteiger partial charge in [-0.05, 0) is 146 Å². The average molecular weight is 962 g/mol. The Bertz CT molecular complexity index is 5090. The maximum atomic E-state index is 5.74. The maximum absolute atomic E-state index is 5.74. The van der Waals surface area contributed by atoms with E-state index < -0.39 is 17.7 Å². The fraction of sp³-hybridized carbons (Fsp3) is 0.0500. The minimum Gasteiger partial charge on any atom is -0.630 e. The molecule has 4 aliphatic heterocycles. The molecular formula is C60H31FeN11.